The molecule has 0 N–H and O–H groups in total. The van der Waals surface area contributed by atoms with E-state index in [2.05, 4.69) is 52.0 Å². The van der Waals surface area contributed by atoms with Crippen LogP contribution in [0.3, 0.4) is 0 Å². The molecular formula is C28H38NO3Y+. The Morgan fingerprint density at radius 1 is 1.03 bits per heavy atom. The zero-order valence-electron chi connectivity index (χ0n) is 20.7. The SMILES string of the molecule is Cc1cccc(C)c1CC(=O)C[N+]1(Cc2ccccc2)CCCC(C(=O)OCC(C)C)C1.[Y]. The number of likely N-dealkylation sites (tertiary alicyclic amines) is 1. The Balaban J connectivity index is 0.00000385. The number of hydrogen-bond acceptors (Lipinski definition) is 3. The van der Waals surface area contributed by atoms with Crippen molar-refractivity contribution in [3.05, 3.63) is 70.8 Å². The Bertz CT molecular complexity index is 908. The topological polar surface area (TPSA) is 43.4 Å². The van der Waals surface area contributed by atoms with Gasteiger partial charge in [-0.3, -0.25) is 9.59 Å². The van der Waals surface area contributed by atoms with Crippen LogP contribution < -0.4 is 0 Å². The normalized spacial score (nSPS) is 20.2. The summed E-state index contributed by atoms with van der Waals surface area (Å²) >= 11 is 0. The number of ether oxygens (including phenoxy) is 1. The van der Waals surface area contributed by atoms with E-state index in [0.29, 0.717) is 36.5 Å². The van der Waals surface area contributed by atoms with Gasteiger partial charge in [-0.15, -0.1) is 0 Å². The molecule has 1 aliphatic heterocycles. The Hall–Kier alpha value is -1.36. The van der Waals surface area contributed by atoms with Crippen LogP contribution in [0.15, 0.2) is 48.5 Å². The molecule has 0 saturated carbocycles. The van der Waals surface area contributed by atoms with Gasteiger partial charge in [0.1, 0.15) is 19.0 Å². The summed E-state index contributed by atoms with van der Waals surface area (Å²) in [5.74, 6) is 0.329. The van der Waals surface area contributed by atoms with Crippen LogP contribution in [0.2, 0.25) is 0 Å². The Morgan fingerprint density at radius 2 is 1.70 bits per heavy atom. The molecule has 0 bridgehead atoms. The molecule has 2 aromatic rings. The molecule has 4 nitrogen and oxygen atoms in total. The molecule has 0 aliphatic carbocycles. The van der Waals surface area contributed by atoms with Crippen molar-refractivity contribution in [3.8, 4) is 0 Å². The standard InChI is InChI=1S/C28H38NO3.Y/c1-21(2)20-32-28(31)25-14-9-15-29(18-25,17-24-12-6-5-7-13-24)19-26(30)16-27-22(3)10-8-11-23(27)4;/h5-8,10-13,21,25H,9,14-20H2,1-4H3;/q+1;. The first kappa shape index (κ1) is 27.9. The van der Waals surface area contributed by atoms with E-state index >= 15 is 0 Å². The molecule has 0 amide bonds. The maximum absolute atomic E-state index is 13.3. The third-order valence-corrected chi connectivity index (χ3v) is 6.58. The van der Waals surface area contributed by atoms with Crippen molar-refractivity contribution in [2.75, 3.05) is 26.2 Å². The van der Waals surface area contributed by atoms with Gasteiger partial charge in [-0.1, -0.05) is 62.4 Å². The van der Waals surface area contributed by atoms with Crippen LogP contribution in [0, 0.1) is 25.7 Å². The van der Waals surface area contributed by atoms with Crippen LogP contribution in [0.4, 0.5) is 0 Å². The molecule has 2 aromatic carbocycles. The number of nitrogens with zero attached hydrogens (tertiary/aromatic N) is 1. The minimum Gasteiger partial charge on any atom is -0.465 e. The molecule has 3 rings (SSSR count). The number of esters is 1. The summed E-state index contributed by atoms with van der Waals surface area (Å²) in [6, 6.07) is 16.5. The van der Waals surface area contributed by atoms with Crippen molar-refractivity contribution in [3.63, 3.8) is 0 Å². The molecule has 2 unspecified atom stereocenters. The van der Waals surface area contributed by atoms with Crippen molar-refractivity contribution < 1.29 is 51.5 Å². The number of ketones is 1. The van der Waals surface area contributed by atoms with E-state index in [4.69, 9.17) is 4.74 Å². The van der Waals surface area contributed by atoms with E-state index in [-0.39, 0.29) is 50.4 Å². The number of carbonyl (C=O) groups excluding carboxylic acids is 2. The van der Waals surface area contributed by atoms with Gasteiger partial charge in [-0.2, -0.15) is 0 Å². The van der Waals surface area contributed by atoms with Gasteiger partial charge in [-0.25, -0.2) is 0 Å². The number of hydrogen-bond donors (Lipinski definition) is 0. The maximum Gasteiger partial charge on any atom is 0.314 e. The minimum atomic E-state index is -0.140. The Kier molecular flexibility index (Phi) is 10.9. The molecule has 0 spiro atoms. The molecule has 1 saturated heterocycles. The smallest absolute Gasteiger partial charge is 0.314 e. The van der Waals surface area contributed by atoms with E-state index < -0.39 is 0 Å². The zero-order chi connectivity index (χ0) is 23.1. The third-order valence-electron chi connectivity index (χ3n) is 6.58. The summed E-state index contributed by atoms with van der Waals surface area (Å²) in [7, 11) is 0. The first-order chi connectivity index (χ1) is 15.3. The molecule has 0 aromatic heterocycles. The van der Waals surface area contributed by atoms with E-state index in [1.165, 1.54) is 16.7 Å². The van der Waals surface area contributed by atoms with Gasteiger partial charge in [0.2, 0.25) is 0 Å². The van der Waals surface area contributed by atoms with Crippen LogP contribution in [-0.2, 0) is 60.0 Å². The molecule has 33 heavy (non-hydrogen) atoms. The molecule has 1 fully saturated rings. The van der Waals surface area contributed by atoms with Gasteiger partial charge in [-0.05, 0) is 49.3 Å². The predicted molar refractivity (Wildman–Crippen MR) is 128 cm³/mol. The Labute approximate surface area is 224 Å². The number of piperidine rings is 1. The summed E-state index contributed by atoms with van der Waals surface area (Å²) in [6.07, 6.45) is 2.23. The first-order valence-corrected chi connectivity index (χ1v) is 11.9. The number of quaternary nitrogens is 1. The maximum atomic E-state index is 13.3. The number of rotatable bonds is 9. The van der Waals surface area contributed by atoms with Gasteiger partial charge < -0.3 is 9.22 Å². The van der Waals surface area contributed by atoms with E-state index in [0.717, 1.165) is 31.5 Å². The van der Waals surface area contributed by atoms with E-state index in [1.807, 2.05) is 24.3 Å². The molecule has 1 heterocycles. The number of aryl methyl sites for hydroxylation is 2. The van der Waals surface area contributed by atoms with E-state index in [1.54, 1.807) is 0 Å². The van der Waals surface area contributed by atoms with Crippen molar-refractivity contribution in [1.82, 2.24) is 0 Å². The zero-order valence-corrected chi connectivity index (χ0v) is 23.5. The van der Waals surface area contributed by atoms with Gasteiger partial charge in [0.15, 0.2) is 5.78 Å². The Morgan fingerprint density at radius 3 is 2.33 bits per heavy atom. The fourth-order valence-electron chi connectivity index (χ4n) is 4.95. The van der Waals surface area contributed by atoms with Gasteiger partial charge in [0, 0.05) is 44.7 Å². The summed E-state index contributed by atoms with van der Waals surface area (Å²) in [6.45, 7) is 11.5. The van der Waals surface area contributed by atoms with Crippen LogP contribution in [0.5, 0.6) is 0 Å². The fraction of sp³-hybridized carbons (Fsp3) is 0.500. The number of benzene rings is 2. The quantitative estimate of drug-likeness (QED) is 0.341. The molecule has 175 valence electrons. The van der Waals surface area contributed by atoms with Crippen molar-refractivity contribution >= 4 is 11.8 Å². The van der Waals surface area contributed by atoms with Crippen molar-refractivity contribution in [2.24, 2.45) is 11.8 Å². The van der Waals surface area contributed by atoms with Gasteiger partial charge in [0.25, 0.3) is 0 Å². The number of carbonyl (C=O) groups is 2. The van der Waals surface area contributed by atoms with Crippen molar-refractivity contribution in [2.45, 2.75) is 53.5 Å². The van der Waals surface area contributed by atoms with Gasteiger partial charge in [0.05, 0.1) is 19.7 Å². The molecule has 5 heteroatoms. The molecule has 1 aliphatic rings. The molecular weight excluding hydrogens is 487 g/mol. The van der Waals surface area contributed by atoms with Crippen LogP contribution in [0.1, 0.15) is 48.9 Å². The average Bonchev–Trinajstić information content (AvgIpc) is 2.75. The summed E-state index contributed by atoms with van der Waals surface area (Å²) in [4.78, 5) is 26.1. The molecule has 1 radical (unpaired) electrons. The van der Waals surface area contributed by atoms with Crippen LogP contribution >= 0.6 is 0 Å². The van der Waals surface area contributed by atoms with E-state index in [9.17, 15) is 9.59 Å². The second-order valence-electron chi connectivity index (χ2n) is 10.00. The second kappa shape index (κ2) is 12.9. The summed E-state index contributed by atoms with van der Waals surface area (Å²) in [5.41, 5.74) is 4.69. The first-order valence-electron chi connectivity index (χ1n) is 11.9. The average molecular weight is 526 g/mol. The largest absolute Gasteiger partial charge is 0.465 e. The number of Topliss-reactive ketones (excluding diaryl/α,β-unsaturated/α-hetero) is 1. The van der Waals surface area contributed by atoms with Gasteiger partial charge >= 0.3 is 5.97 Å². The molecule has 2 atom stereocenters. The fourth-order valence-corrected chi connectivity index (χ4v) is 4.95. The summed E-state index contributed by atoms with van der Waals surface area (Å²) < 4.78 is 6.22. The predicted octanol–water partition coefficient (Wildman–Crippen LogP) is 5.04. The van der Waals surface area contributed by atoms with Crippen LogP contribution in [0.25, 0.3) is 0 Å². The second-order valence-corrected chi connectivity index (χ2v) is 10.00. The summed E-state index contributed by atoms with van der Waals surface area (Å²) in [5, 5.41) is 0. The minimum absolute atomic E-state index is 0. The third kappa shape index (κ3) is 8.12. The van der Waals surface area contributed by atoms with Crippen molar-refractivity contribution in [1.29, 1.82) is 0 Å². The monoisotopic (exact) mass is 525 g/mol. The van der Waals surface area contributed by atoms with Crippen LogP contribution in [-0.4, -0.2) is 42.5 Å².